The molecule has 0 aromatic heterocycles. The van der Waals surface area contributed by atoms with Crippen LogP contribution < -0.4 is 4.74 Å². The molecule has 1 fully saturated rings. The fraction of sp³-hybridized carbons (Fsp3) is 0.382. The molecule has 222 valence electrons. The van der Waals surface area contributed by atoms with Crippen molar-refractivity contribution in [2.45, 2.75) is 57.6 Å². The molecule has 2 unspecified atom stereocenters. The Balaban J connectivity index is 1.62. The van der Waals surface area contributed by atoms with Gasteiger partial charge in [0.1, 0.15) is 12.4 Å². The Kier molecular flexibility index (Phi) is 9.99. The van der Waals surface area contributed by atoms with Crippen LogP contribution in [-0.2, 0) is 20.9 Å². The van der Waals surface area contributed by atoms with Crippen molar-refractivity contribution >= 4 is 29.6 Å². The monoisotopic (exact) mass is 589 g/mol. The minimum Gasteiger partial charge on any atom is -0.476 e. The van der Waals surface area contributed by atoms with Gasteiger partial charge in [0.25, 0.3) is 0 Å². The molecule has 42 heavy (non-hydrogen) atoms. The predicted molar refractivity (Wildman–Crippen MR) is 164 cm³/mol. The molecule has 2 atom stereocenters. The third kappa shape index (κ3) is 7.16. The lowest BCUT2D eigenvalue weighted by molar-refractivity contribution is -0.158. The van der Waals surface area contributed by atoms with Gasteiger partial charge >= 0.3 is 12.1 Å². The number of nitrogens with zero attached hydrogens (tertiary/aromatic N) is 1. The van der Waals surface area contributed by atoms with Gasteiger partial charge in [-0.25, -0.2) is 9.59 Å². The fourth-order valence-electron chi connectivity index (χ4n) is 5.30. The van der Waals surface area contributed by atoms with Gasteiger partial charge in [-0.1, -0.05) is 54.6 Å². The zero-order chi connectivity index (χ0) is 30.4. The molecule has 1 heterocycles. The fourth-order valence-corrected chi connectivity index (χ4v) is 5.71. The van der Waals surface area contributed by atoms with E-state index in [9.17, 15) is 14.4 Å². The number of hydrogen-bond donors (Lipinski definition) is 0. The third-order valence-electron chi connectivity index (χ3n) is 7.53. The number of benzene rings is 3. The number of ether oxygens (including phenoxy) is 3. The lowest BCUT2D eigenvalue weighted by Gasteiger charge is -2.27. The van der Waals surface area contributed by atoms with Crippen LogP contribution in [-0.4, -0.2) is 54.3 Å². The Morgan fingerprint density at radius 2 is 1.57 bits per heavy atom. The molecule has 1 aliphatic heterocycles. The Labute approximate surface area is 252 Å². The quantitative estimate of drug-likeness (QED) is 0.143. The van der Waals surface area contributed by atoms with E-state index in [0.29, 0.717) is 17.9 Å². The standard InChI is InChI=1S/C34H39NO6S/c1-7-39-32(37)34(4,5)41-31-22(2)17-26(18-23(31)3)28-19-35(33(38)40-21-24-11-9-8-10-12-24)20-29(28)30(36)25-13-15-27(42-6)16-14-25/h8-18,28-29H,7,19-21H2,1-6H3. The number of amides is 1. The first-order valence-electron chi connectivity index (χ1n) is 14.1. The van der Waals surface area contributed by atoms with Crippen LogP contribution in [0.5, 0.6) is 5.75 Å². The molecule has 7 nitrogen and oxygen atoms in total. The van der Waals surface area contributed by atoms with Crippen molar-refractivity contribution < 1.29 is 28.6 Å². The van der Waals surface area contributed by atoms with E-state index in [4.69, 9.17) is 14.2 Å². The number of aryl methyl sites for hydroxylation is 2. The van der Waals surface area contributed by atoms with Crippen molar-refractivity contribution in [2.75, 3.05) is 26.0 Å². The zero-order valence-electron chi connectivity index (χ0n) is 25.1. The van der Waals surface area contributed by atoms with Crippen LogP contribution in [0.4, 0.5) is 4.79 Å². The molecule has 8 heteroatoms. The maximum atomic E-state index is 13.9. The molecule has 0 N–H and O–H groups in total. The number of esters is 1. The summed E-state index contributed by atoms with van der Waals surface area (Å²) in [6.45, 7) is 10.0. The zero-order valence-corrected chi connectivity index (χ0v) is 26.0. The summed E-state index contributed by atoms with van der Waals surface area (Å²) in [6.07, 6.45) is 1.55. The summed E-state index contributed by atoms with van der Waals surface area (Å²) in [5, 5.41) is 0. The van der Waals surface area contributed by atoms with Crippen molar-refractivity contribution in [1.82, 2.24) is 4.90 Å². The Bertz CT molecular complexity index is 1400. The Morgan fingerprint density at radius 3 is 2.17 bits per heavy atom. The van der Waals surface area contributed by atoms with Crippen molar-refractivity contribution in [3.05, 3.63) is 94.5 Å². The Morgan fingerprint density at radius 1 is 0.929 bits per heavy atom. The first-order valence-corrected chi connectivity index (χ1v) is 15.4. The summed E-state index contributed by atoms with van der Waals surface area (Å²) in [5.74, 6) is -0.538. The van der Waals surface area contributed by atoms with E-state index < -0.39 is 23.6 Å². The molecule has 0 bridgehead atoms. The maximum Gasteiger partial charge on any atom is 0.410 e. The second kappa shape index (κ2) is 13.5. The van der Waals surface area contributed by atoms with Crippen LogP contribution in [0.2, 0.25) is 0 Å². The number of Topliss-reactive ketones (excluding diaryl/α,β-unsaturated/α-hetero) is 1. The predicted octanol–water partition coefficient (Wildman–Crippen LogP) is 6.98. The summed E-state index contributed by atoms with van der Waals surface area (Å²) < 4.78 is 17.0. The SMILES string of the molecule is CCOC(=O)C(C)(C)Oc1c(C)cc(C2CN(C(=O)OCc3ccccc3)CC2C(=O)c2ccc(SC)cc2)cc1C. The molecular formula is C34H39NO6S. The van der Waals surface area contributed by atoms with E-state index in [1.54, 1.807) is 37.4 Å². The highest BCUT2D eigenvalue weighted by molar-refractivity contribution is 7.98. The van der Waals surface area contributed by atoms with E-state index in [1.807, 2.05) is 86.8 Å². The van der Waals surface area contributed by atoms with Crippen LogP contribution in [0, 0.1) is 19.8 Å². The first kappa shape index (κ1) is 31.2. The van der Waals surface area contributed by atoms with Gasteiger partial charge in [0, 0.05) is 35.4 Å². The van der Waals surface area contributed by atoms with E-state index >= 15 is 0 Å². The number of likely N-dealkylation sites (tertiary alicyclic amines) is 1. The highest BCUT2D eigenvalue weighted by Gasteiger charge is 2.42. The van der Waals surface area contributed by atoms with E-state index in [1.165, 1.54) is 0 Å². The van der Waals surface area contributed by atoms with Crippen molar-refractivity contribution in [2.24, 2.45) is 5.92 Å². The summed E-state index contributed by atoms with van der Waals surface area (Å²) in [5.41, 5.74) is 2.96. The molecule has 0 radical (unpaired) electrons. The van der Waals surface area contributed by atoms with E-state index in [-0.39, 0.29) is 31.5 Å². The molecule has 1 saturated heterocycles. The smallest absolute Gasteiger partial charge is 0.410 e. The second-order valence-electron chi connectivity index (χ2n) is 11.1. The number of rotatable bonds is 10. The number of ketones is 1. The molecule has 1 amide bonds. The van der Waals surface area contributed by atoms with Crippen LogP contribution in [0.25, 0.3) is 0 Å². The highest BCUT2D eigenvalue weighted by atomic mass is 32.2. The summed E-state index contributed by atoms with van der Waals surface area (Å²) >= 11 is 1.62. The minimum absolute atomic E-state index is 0.00918. The maximum absolute atomic E-state index is 13.9. The number of carbonyl (C=O) groups excluding carboxylic acids is 3. The van der Waals surface area contributed by atoms with Gasteiger partial charge in [0.2, 0.25) is 0 Å². The van der Waals surface area contributed by atoms with Crippen LogP contribution in [0.15, 0.2) is 71.6 Å². The van der Waals surface area contributed by atoms with Gasteiger partial charge in [-0.05, 0) is 75.3 Å². The van der Waals surface area contributed by atoms with Crippen molar-refractivity contribution in [3.8, 4) is 5.75 Å². The largest absolute Gasteiger partial charge is 0.476 e. The molecule has 4 rings (SSSR count). The van der Waals surface area contributed by atoms with Crippen LogP contribution >= 0.6 is 11.8 Å². The molecule has 3 aromatic rings. The topological polar surface area (TPSA) is 82.1 Å². The average molecular weight is 590 g/mol. The van der Waals surface area contributed by atoms with Gasteiger partial charge in [0.15, 0.2) is 11.4 Å². The number of hydrogen-bond acceptors (Lipinski definition) is 7. The lowest BCUT2D eigenvalue weighted by Crippen LogP contribution is -2.40. The number of carbonyl (C=O) groups is 3. The van der Waals surface area contributed by atoms with Gasteiger partial charge in [-0.15, -0.1) is 11.8 Å². The van der Waals surface area contributed by atoms with Crippen LogP contribution in [0.3, 0.4) is 0 Å². The molecule has 0 aliphatic carbocycles. The van der Waals surface area contributed by atoms with E-state index in [0.717, 1.165) is 27.1 Å². The average Bonchev–Trinajstić information content (AvgIpc) is 3.44. The lowest BCUT2D eigenvalue weighted by atomic mass is 9.82. The summed E-state index contributed by atoms with van der Waals surface area (Å²) in [4.78, 5) is 42.2. The molecule has 0 spiro atoms. The van der Waals surface area contributed by atoms with Gasteiger partial charge in [-0.3, -0.25) is 4.79 Å². The van der Waals surface area contributed by atoms with E-state index in [2.05, 4.69) is 0 Å². The normalized spacial score (nSPS) is 16.7. The van der Waals surface area contributed by atoms with Gasteiger partial charge in [0.05, 0.1) is 6.61 Å². The number of thioether (sulfide) groups is 1. The van der Waals surface area contributed by atoms with Crippen molar-refractivity contribution in [3.63, 3.8) is 0 Å². The summed E-state index contributed by atoms with van der Waals surface area (Å²) in [7, 11) is 0. The summed E-state index contributed by atoms with van der Waals surface area (Å²) in [6, 6.07) is 21.1. The molecule has 1 aliphatic rings. The van der Waals surface area contributed by atoms with Gasteiger partial charge in [-0.2, -0.15) is 0 Å². The molecular weight excluding hydrogens is 550 g/mol. The minimum atomic E-state index is -1.17. The first-order chi connectivity index (χ1) is 20.0. The highest BCUT2D eigenvalue weighted by Crippen LogP contribution is 2.39. The second-order valence-corrected chi connectivity index (χ2v) is 11.9. The Hall–Kier alpha value is -3.78. The third-order valence-corrected chi connectivity index (χ3v) is 8.27. The van der Waals surface area contributed by atoms with Crippen LogP contribution in [0.1, 0.15) is 59.3 Å². The molecule has 0 saturated carbocycles. The molecule has 3 aromatic carbocycles. The van der Waals surface area contributed by atoms with Crippen molar-refractivity contribution in [1.29, 1.82) is 0 Å². The van der Waals surface area contributed by atoms with Gasteiger partial charge < -0.3 is 19.1 Å².